The van der Waals surface area contributed by atoms with Crippen LogP contribution in [-0.2, 0) is 16.1 Å². The molecule has 0 saturated heterocycles. The fourth-order valence-electron chi connectivity index (χ4n) is 3.36. The van der Waals surface area contributed by atoms with E-state index in [2.05, 4.69) is 13.8 Å². The maximum Gasteiger partial charge on any atom is 0.290 e. The number of aliphatic hydroxyl groups excluding tert-OH is 1. The van der Waals surface area contributed by atoms with E-state index in [-0.39, 0.29) is 23.8 Å². The van der Waals surface area contributed by atoms with Gasteiger partial charge in [0.15, 0.2) is 11.5 Å². The van der Waals surface area contributed by atoms with Gasteiger partial charge in [0.25, 0.3) is 5.91 Å². The first kappa shape index (κ1) is 19.0. The number of nitrogens with zero attached hydrogens (tertiary/aromatic N) is 1. The molecule has 142 valence electrons. The third kappa shape index (κ3) is 3.54. The summed E-state index contributed by atoms with van der Waals surface area (Å²) in [6, 6.07) is 10.7. The molecule has 0 radical (unpaired) electrons. The normalized spacial score (nSPS) is 17.5. The molecule has 1 unspecified atom stereocenters. The van der Waals surface area contributed by atoms with E-state index in [0.29, 0.717) is 11.7 Å². The zero-order chi connectivity index (χ0) is 19.7. The van der Waals surface area contributed by atoms with Crippen molar-refractivity contribution < 1.29 is 19.1 Å². The standard InChI is InChI=1S/C22H25NO4/c1-13(2)15-7-9-16(10-8-15)19-18(20(24)14(3)4)21(25)22(26)23(19)12-17-6-5-11-27-17/h5-11,13-14,19,25H,12H2,1-4H3. The van der Waals surface area contributed by atoms with Crippen LogP contribution in [0.5, 0.6) is 0 Å². The number of hydrogen-bond acceptors (Lipinski definition) is 4. The molecule has 0 spiro atoms. The lowest BCUT2D eigenvalue weighted by atomic mass is 9.90. The average Bonchev–Trinajstić information content (AvgIpc) is 3.23. The molecule has 5 heteroatoms. The zero-order valence-corrected chi connectivity index (χ0v) is 16.1. The van der Waals surface area contributed by atoms with Gasteiger partial charge in [-0.2, -0.15) is 0 Å². The molecule has 1 N–H and O–H groups in total. The molecule has 1 aliphatic heterocycles. The van der Waals surface area contributed by atoms with Crippen molar-refractivity contribution in [3.63, 3.8) is 0 Å². The van der Waals surface area contributed by atoms with Gasteiger partial charge in [0, 0.05) is 5.92 Å². The Labute approximate surface area is 159 Å². The highest BCUT2D eigenvalue weighted by Gasteiger charge is 2.44. The van der Waals surface area contributed by atoms with Crippen LogP contribution in [0.4, 0.5) is 0 Å². The van der Waals surface area contributed by atoms with Crippen LogP contribution < -0.4 is 0 Å². The van der Waals surface area contributed by atoms with Crippen LogP contribution in [0.2, 0.25) is 0 Å². The molecule has 1 aliphatic rings. The number of ketones is 1. The molecule has 1 aromatic carbocycles. The van der Waals surface area contributed by atoms with Crippen LogP contribution in [-0.4, -0.2) is 21.7 Å². The molecule has 3 rings (SSSR count). The van der Waals surface area contributed by atoms with Gasteiger partial charge in [-0.1, -0.05) is 52.0 Å². The largest absolute Gasteiger partial charge is 0.503 e. The number of furan rings is 1. The molecule has 1 amide bonds. The highest BCUT2D eigenvalue weighted by atomic mass is 16.3. The number of Topliss-reactive ketones (excluding diaryl/α,β-unsaturated/α-hetero) is 1. The quantitative estimate of drug-likeness (QED) is 0.815. The molecule has 1 atom stereocenters. The van der Waals surface area contributed by atoms with Gasteiger partial charge in [-0.25, -0.2) is 0 Å². The smallest absolute Gasteiger partial charge is 0.290 e. The summed E-state index contributed by atoms with van der Waals surface area (Å²) in [5.74, 6) is -0.578. The molecule has 27 heavy (non-hydrogen) atoms. The van der Waals surface area contributed by atoms with E-state index in [9.17, 15) is 14.7 Å². The highest BCUT2D eigenvalue weighted by molar-refractivity contribution is 6.09. The summed E-state index contributed by atoms with van der Waals surface area (Å²) in [5, 5.41) is 10.5. The topological polar surface area (TPSA) is 70.8 Å². The number of hydrogen-bond donors (Lipinski definition) is 1. The maximum absolute atomic E-state index is 12.8. The van der Waals surface area contributed by atoms with Crippen molar-refractivity contribution in [2.75, 3.05) is 0 Å². The van der Waals surface area contributed by atoms with Crippen LogP contribution in [0.3, 0.4) is 0 Å². The van der Waals surface area contributed by atoms with Gasteiger partial charge in [0.2, 0.25) is 0 Å². The van der Waals surface area contributed by atoms with Gasteiger partial charge in [-0.15, -0.1) is 0 Å². The van der Waals surface area contributed by atoms with Crippen LogP contribution in [0.1, 0.15) is 56.5 Å². The second kappa shape index (κ2) is 7.43. The van der Waals surface area contributed by atoms with Crippen LogP contribution in [0.25, 0.3) is 0 Å². The molecule has 0 bridgehead atoms. The SMILES string of the molecule is CC(C)C(=O)C1=C(O)C(=O)N(Cc2ccco2)C1c1ccc(C(C)C)cc1. The number of carbonyl (C=O) groups excluding carboxylic acids is 2. The minimum Gasteiger partial charge on any atom is -0.503 e. The van der Waals surface area contributed by atoms with Gasteiger partial charge in [-0.05, 0) is 29.2 Å². The number of aliphatic hydroxyl groups is 1. The number of benzene rings is 1. The molecule has 2 heterocycles. The van der Waals surface area contributed by atoms with Gasteiger partial charge >= 0.3 is 0 Å². The van der Waals surface area contributed by atoms with Crippen molar-refractivity contribution >= 4 is 11.7 Å². The van der Waals surface area contributed by atoms with E-state index in [1.165, 1.54) is 16.7 Å². The third-order valence-electron chi connectivity index (χ3n) is 4.92. The molecule has 5 nitrogen and oxygen atoms in total. The lowest BCUT2D eigenvalue weighted by molar-refractivity contribution is -0.130. The first-order valence-electron chi connectivity index (χ1n) is 9.21. The monoisotopic (exact) mass is 367 g/mol. The van der Waals surface area contributed by atoms with E-state index in [0.717, 1.165) is 5.56 Å². The first-order chi connectivity index (χ1) is 12.8. The van der Waals surface area contributed by atoms with Crippen LogP contribution in [0.15, 0.2) is 58.4 Å². The molecule has 0 fully saturated rings. The van der Waals surface area contributed by atoms with Crippen LogP contribution in [0, 0.1) is 5.92 Å². The van der Waals surface area contributed by atoms with E-state index in [1.54, 1.807) is 26.0 Å². The predicted molar refractivity (Wildman–Crippen MR) is 102 cm³/mol. The second-order valence-corrected chi connectivity index (χ2v) is 7.52. The number of carbonyl (C=O) groups is 2. The minimum absolute atomic E-state index is 0.166. The number of amides is 1. The Hall–Kier alpha value is -2.82. The molecule has 0 saturated carbocycles. The van der Waals surface area contributed by atoms with Crippen molar-refractivity contribution in [3.05, 3.63) is 70.9 Å². The van der Waals surface area contributed by atoms with E-state index >= 15 is 0 Å². The Bertz CT molecular complexity index is 860. The van der Waals surface area contributed by atoms with Gasteiger partial charge < -0.3 is 14.4 Å². The van der Waals surface area contributed by atoms with Crippen molar-refractivity contribution in [1.82, 2.24) is 4.90 Å². The summed E-state index contributed by atoms with van der Waals surface area (Å²) in [6.07, 6.45) is 1.54. The Morgan fingerprint density at radius 2 is 1.81 bits per heavy atom. The molecule has 2 aromatic rings. The Morgan fingerprint density at radius 3 is 2.33 bits per heavy atom. The van der Waals surface area contributed by atoms with Gasteiger partial charge in [0.05, 0.1) is 24.4 Å². The Kier molecular flexibility index (Phi) is 5.22. The summed E-state index contributed by atoms with van der Waals surface area (Å²) in [4.78, 5) is 27.0. The number of rotatable bonds is 6. The average molecular weight is 367 g/mol. The summed E-state index contributed by atoms with van der Waals surface area (Å²) in [6.45, 7) is 7.93. The molecule has 0 aliphatic carbocycles. The highest BCUT2D eigenvalue weighted by Crippen LogP contribution is 2.40. The van der Waals surface area contributed by atoms with Gasteiger partial charge in [-0.3, -0.25) is 9.59 Å². The third-order valence-corrected chi connectivity index (χ3v) is 4.92. The Morgan fingerprint density at radius 1 is 1.15 bits per heavy atom. The van der Waals surface area contributed by atoms with Crippen molar-refractivity contribution in [2.45, 2.75) is 46.2 Å². The van der Waals surface area contributed by atoms with Gasteiger partial charge in [0.1, 0.15) is 5.76 Å². The molecule has 1 aromatic heterocycles. The van der Waals surface area contributed by atoms with Crippen LogP contribution >= 0.6 is 0 Å². The predicted octanol–water partition coefficient (Wildman–Crippen LogP) is 4.52. The summed E-state index contributed by atoms with van der Waals surface area (Å²) >= 11 is 0. The summed E-state index contributed by atoms with van der Waals surface area (Å²) in [7, 11) is 0. The van der Waals surface area contributed by atoms with E-state index in [1.807, 2.05) is 24.3 Å². The summed E-state index contributed by atoms with van der Waals surface area (Å²) < 4.78 is 5.38. The minimum atomic E-state index is -0.626. The zero-order valence-electron chi connectivity index (χ0n) is 16.1. The van der Waals surface area contributed by atoms with Crippen molar-refractivity contribution in [3.8, 4) is 0 Å². The molecular weight excluding hydrogens is 342 g/mol. The molecular formula is C22H25NO4. The van der Waals surface area contributed by atoms with Crippen molar-refractivity contribution in [2.24, 2.45) is 5.92 Å². The Balaban J connectivity index is 2.05. The lowest BCUT2D eigenvalue weighted by Gasteiger charge is -2.26. The summed E-state index contributed by atoms with van der Waals surface area (Å²) in [5.41, 5.74) is 2.14. The first-order valence-corrected chi connectivity index (χ1v) is 9.21. The fraction of sp³-hybridized carbons (Fsp3) is 0.364. The maximum atomic E-state index is 12.8. The fourth-order valence-corrected chi connectivity index (χ4v) is 3.36. The van der Waals surface area contributed by atoms with E-state index < -0.39 is 17.7 Å². The lowest BCUT2D eigenvalue weighted by Crippen LogP contribution is -2.31. The second-order valence-electron chi connectivity index (χ2n) is 7.52. The van der Waals surface area contributed by atoms with E-state index in [4.69, 9.17) is 4.42 Å². The van der Waals surface area contributed by atoms with Crippen molar-refractivity contribution in [1.29, 1.82) is 0 Å².